The van der Waals surface area contributed by atoms with Gasteiger partial charge in [-0.3, -0.25) is 9.00 Å². The maximum Gasteiger partial charge on any atom is 0.233 e. The molecule has 1 amide bonds. The van der Waals surface area contributed by atoms with Gasteiger partial charge in [-0.05, 0) is 20.8 Å². The molecule has 18 heavy (non-hydrogen) atoms. The van der Waals surface area contributed by atoms with Gasteiger partial charge in [0.05, 0.1) is 13.2 Å². The largest absolute Gasteiger partial charge is 0.383 e. The number of rotatable bonds is 8. The first-order chi connectivity index (χ1) is 7.88. The molecule has 0 radical (unpaired) electrons. The van der Waals surface area contributed by atoms with Gasteiger partial charge in [-0.25, -0.2) is 0 Å². The highest BCUT2D eigenvalue weighted by molar-refractivity contribution is 7.86. The van der Waals surface area contributed by atoms with E-state index >= 15 is 0 Å². The van der Waals surface area contributed by atoms with Crippen LogP contribution in [0.15, 0.2) is 0 Å². The van der Waals surface area contributed by atoms with Crippen LogP contribution in [0.5, 0.6) is 0 Å². The number of nitrogens with one attached hydrogen (secondary N) is 2. The molecule has 0 aliphatic heterocycles. The molecule has 0 saturated heterocycles. The second-order valence-corrected chi connectivity index (χ2v) is 7.01. The Bertz CT molecular complexity index is 257. The van der Waals surface area contributed by atoms with E-state index < -0.39 is 10.8 Å². The molecule has 7 heteroatoms. The summed E-state index contributed by atoms with van der Waals surface area (Å²) in [6, 6.07) is 0. The Hall–Kier alpha value is -0.170. The summed E-state index contributed by atoms with van der Waals surface area (Å²) in [5.74, 6) is 0.417. The lowest BCUT2D eigenvalue weighted by Crippen LogP contribution is -2.38. The number of carbonyl (C=O) groups excluding carboxylic acids is 1. The first-order valence-electron chi connectivity index (χ1n) is 5.72. The normalized spacial score (nSPS) is 12.7. The zero-order chi connectivity index (χ0) is 13.3. The van der Waals surface area contributed by atoms with Crippen molar-refractivity contribution in [1.29, 1.82) is 0 Å². The van der Waals surface area contributed by atoms with Crippen molar-refractivity contribution < 1.29 is 13.7 Å². The number of hydrogen-bond donors (Lipinski definition) is 2. The Kier molecular flexibility index (Phi) is 12.0. The van der Waals surface area contributed by atoms with E-state index in [1.165, 1.54) is 0 Å². The van der Waals surface area contributed by atoms with Crippen LogP contribution in [0.1, 0.15) is 20.8 Å². The number of ether oxygens (including phenoxy) is 1. The molecule has 1 atom stereocenters. The fourth-order valence-corrected chi connectivity index (χ4v) is 1.93. The molecule has 0 aromatic heterocycles. The van der Waals surface area contributed by atoms with Crippen molar-refractivity contribution in [3.63, 3.8) is 0 Å². The van der Waals surface area contributed by atoms with Crippen LogP contribution in [0, 0.1) is 0 Å². The van der Waals surface area contributed by atoms with Crippen molar-refractivity contribution in [2.45, 2.75) is 25.5 Å². The van der Waals surface area contributed by atoms with Crippen molar-refractivity contribution in [1.82, 2.24) is 10.6 Å². The second kappa shape index (κ2) is 10.7. The molecule has 0 aromatic carbocycles. The highest BCUT2D eigenvalue weighted by Gasteiger charge is 2.18. The summed E-state index contributed by atoms with van der Waals surface area (Å²) < 4.78 is 16.3. The smallest absolute Gasteiger partial charge is 0.233 e. The summed E-state index contributed by atoms with van der Waals surface area (Å²) in [7, 11) is 0.697. The number of amides is 1. The van der Waals surface area contributed by atoms with E-state index in [0.717, 1.165) is 0 Å². The predicted molar refractivity (Wildman–Crippen MR) is 77.8 cm³/mol. The van der Waals surface area contributed by atoms with E-state index in [1.807, 2.05) is 20.8 Å². The van der Waals surface area contributed by atoms with Gasteiger partial charge >= 0.3 is 0 Å². The molecular weight excluding hydrogens is 276 g/mol. The van der Waals surface area contributed by atoms with Crippen LogP contribution in [0.25, 0.3) is 0 Å². The standard InChI is InChI=1S/C11H24N2O3S.ClH/c1-11(2,3)17(15)8-6-13-10(14)9-12-5-7-16-4;/h12H,5-9H2,1-4H3,(H,13,14);1H. The Labute approximate surface area is 118 Å². The number of halogens is 1. The van der Waals surface area contributed by atoms with E-state index in [0.29, 0.717) is 25.4 Å². The zero-order valence-corrected chi connectivity index (χ0v) is 13.2. The first kappa shape index (κ1) is 20.2. The first-order valence-corrected chi connectivity index (χ1v) is 7.04. The topological polar surface area (TPSA) is 67.4 Å². The average Bonchev–Trinajstić information content (AvgIpc) is 2.23. The molecule has 0 spiro atoms. The lowest BCUT2D eigenvalue weighted by molar-refractivity contribution is -0.120. The van der Waals surface area contributed by atoms with Crippen LogP contribution < -0.4 is 10.6 Å². The Morgan fingerprint density at radius 1 is 1.28 bits per heavy atom. The summed E-state index contributed by atoms with van der Waals surface area (Å²) in [4.78, 5) is 11.3. The Morgan fingerprint density at radius 2 is 1.89 bits per heavy atom. The van der Waals surface area contributed by atoms with Gasteiger partial charge in [0.1, 0.15) is 0 Å². The average molecular weight is 301 g/mol. The molecule has 110 valence electrons. The van der Waals surface area contributed by atoms with E-state index in [1.54, 1.807) is 7.11 Å². The van der Waals surface area contributed by atoms with Gasteiger partial charge in [-0.15, -0.1) is 12.4 Å². The molecule has 0 aliphatic rings. The van der Waals surface area contributed by atoms with Gasteiger partial charge in [0, 0.05) is 41.5 Å². The fourth-order valence-electron chi connectivity index (χ4n) is 1.03. The van der Waals surface area contributed by atoms with E-state index in [9.17, 15) is 9.00 Å². The van der Waals surface area contributed by atoms with Gasteiger partial charge in [0.25, 0.3) is 0 Å². The Balaban J connectivity index is 0. The SMILES string of the molecule is COCCNCC(=O)NCCS(=O)C(C)(C)C.Cl. The third-order valence-corrected chi connectivity index (χ3v) is 4.00. The van der Waals surface area contributed by atoms with Gasteiger partial charge in [-0.2, -0.15) is 0 Å². The van der Waals surface area contributed by atoms with Gasteiger partial charge in [-0.1, -0.05) is 0 Å². The van der Waals surface area contributed by atoms with Crippen LogP contribution >= 0.6 is 12.4 Å². The summed E-state index contributed by atoms with van der Waals surface area (Å²) in [6.07, 6.45) is 0. The molecule has 0 bridgehead atoms. The zero-order valence-electron chi connectivity index (χ0n) is 11.6. The third kappa shape index (κ3) is 11.0. The van der Waals surface area contributed by atoms with Crippen molar-refractivity contribution in [2.75, 3.05) is 39.1 Å². The summed E-state index contributed by atoms with van der Waals surface area (Å²) in [6.45, 7) is 7.74. The van der Waals surface area contributed by atoms with E-state index in [-0.39, 0.29) is 29.6 Å². The second-order valence-electron chi connectivity index (χ2n) is 4.68. The Morgan fingerprint density at radius 3 is 2.39 bits per heavy atom. The van der Waals surface area contributed by atoms with Gasteiger partial charge < -0.3 is 15.4 Å². The lowest BCUT2D eigenvalue weighted by Gasteiger charge is -2.17. The molecule has 0 saturated carbocycles. The van der Waals surface area contributed by atoms with Crippen molar-refractivity contribution in [2.24, 2.45) is 0 Å². The molecule has 1 unspecified atom stereocenters. The summed E-state index contributed by atoms with van der Waals surface area (Å²) in [5, 5.41) is 5.67. The third-order valence-electron chi connectivity index (χ3n) is 2.06. The number of carbonyl (C=O) groups is 1. The molecule has 5 nitrogen and oxygen atoms in total. The fraction of sp³-hybridized carbons (Fsp3) is 0.909. The highest BCUT2D eigenvalue weighted by atomic mass is 35.5. The lowest BCUT2D eigenvalue weighted by atomic mass is 10.3. The minimum Gasteiger partial charge on any atom is -0.383 e. The molecule has 0 fully saturated rings. The van der Waals surface area contributed by atoms with Crippen LogP contribution in [-0.2, 0) is 20.3 Å². The quantitative estimate of drug-likeness (QED) is 0.633. The van der Waals surface area contributed by atoms with E-state index in [4.69, 9.17) is 4.74 Å². The minimum absolute atomic E-state index is 0. The van der Waals surface area contributed by atoms with Gasteiger partial charge in [0.15, 0.2) is 0 Å². The molecule has 0 aromatic rings. The molecule has 0 aliphatic carbocycles. The number of hydrogen-bond acceptors (Lipinski definition) is 4. The summed E-state index contributed by atoms with van der Waals surface area (Å²) in [5.41, 5.74) is 0. The van der Waals surface area contributed by atoms with Crippen molar-refractivity contribution in [3.8, 4) is 0 Å². The maximum absolute atomic E-state index is 11.7. The molecule has 2 N–H and O–H groups in total. The minimum atomic E-state index is -0.918. The highest BCUT2D eigenvalue weighted by Crippen LogP contribution is 2.10. The van der Waals surface area contributed by atoms with Crippen LogP contribution in [0.3, 0.4) is 0 Å². The van der Waals surface area contributed by atoms with Crippen LogP contribution in [0.2, 0.25) is 0 Å². The monoisotopic (exact) mass is 300 g/mol. The maximum atomic E-state index is 11.7. The van der Waals surface area contributed by atoms with Crippen molar-refractivity contribution in [3.05, 3.63) is 0 Å². The van der Waals surface area contributed by atoms with Crippen molar-refractivity contribution >= 4 is 29.1 Å². The molecular formula is C11H25ClN2O3S. The molecule has 0 rings (SSSR count). The summed E-state index contributed by atoms with van der Waals surface area (Å²) >= 11 is 0. The number of methoxy groups -OCH3 is 1. The van der Waals surface area contributed by atoms with E-state index in [2.05, 4.69) is 10.6 Å². The van der Waals surface area contributed by atoms with Crippen LogP contribution in [0.4, 0.5) is 0 Å². The van der Waals surface area contributed by atoms with Gasteiger partial charge in [0.2, 0.25) is 5.91 Å². The predicted octanol–water partition coefficient (Wildman–Crippen LogP) is 0.308. The molecule has 0 heterocycles. The van der Waals surface area contributed by atoms with Crippen LogP contribution in [-0.4, -0.2) is 54.0 Å².